The Morgan fingerprint density at radius 2 is 2.10 bits per heavy atom. The summed E-state index contributed by atoms with van der Waals surface area (Å²) in [4.78, 5) is 24.7. The van der Waals surface area contributed by atoms with E-state index in [1.807, 2.05) is 20.8 Å². The van der Waals surface area contributed by atoms with Gasteiger partial charge in [0.1, 0.15) is 5.82 Å². The Morgan fingerprint density at radius 1 is 1.35 bits per heavy atom. The molecule has 2 rings (SSSR count). The summed E-state index contributed by atoms with van der Waals surface area (Å²) >= 11 is 6.00. The standard InChI is InChI=1S/C14H15ClN4O/c1-8(2)13-17-7-10(15)12(19-13)14(20)18-11-5-4-6-16-9(11)3/h4-8H,1-3H3,(H,18,20). The van der Waals surface area contributed by atoms with Crippen molar-refractivity contribution >= 4 is 23.2 Å². The molecule has 0 atom stereocenters. The predicted octanol–water partition coefficient (Wildman–Crippen LogP) is 3.21. The molecule has 0 bridgehead atoms. The van der Waals surface area contributed by atoms with Gasteiger partial charge in [0.15, 0.2) is 5.69 Å². The molecule has 0 spiro atoms. The Bertz CT molecular complexity index is 643. The van der Waals surface area contributed by atoms with E-state index >= 15 is 0 Å². The molecule has 2 aromatic rings. The van der Waals surface area contributed by atoms with Crippen molar-refractivity contribution in [3.8, 4) is 0 Å². The lowest BCUT2D eigenvalue weighted by molar-refractivity contribution is 0.102. The van der Waals surface area contributed by atoms with Gasteiger partial charge in [0.05, 0.1) is 22.6 Å². The largest absolute Gasteiger partial charge is 0.319 e. The SMILES string of the molecule is Cc1ncccc1NC(=O)c1nc(C(C)C)ncc1Cl. The number of rotatable bonds is 3. The fraction of sp³-hybridized carbons (Fsp3) is 0.286. The lowest BCUT2D eigenvalue weighted by Gasteiger charge is -2.10. The average Bonchev–Trinajstić information content (AvgIpc) is 2.41. The number of carbonyl (C=O) groups is 1. The van der Waals surface area contributed by atoms with Gasteiger partial charge in [-0.2, -0.15) is 0 Å². The van der Waals surface area contributed by atoms with Crippen LogP contribution in [0.2, 0.25) is 5.02 Å². The summed E-state index contributed by atoms with van der Waals surface area (Å²) in [6.07, 6.45) is 3.12. The molecule has 0 aliphatic carbocycles. The van der Waals surface area contributed by atoms with Crippen LogP contribution >= 0.6 is 11.6 Å². The Hall–Kier alpha value is -2.01. The van der Waals surface area contributed by atoms with Crippen molar-refractivity contribution in [1.29, 1.82) is 0 Å². The Labute approximate surface area is 122 Å². The van der Waals surface area contributed by atoms with Crippen molar-refractivity contribution in [2.75, 3.05) is 5.32 Å². The third-order valence-electron chi connectivity index (χ3n) is 2.75. The molecule has 0 aromatic carbocycles. The van der Waals surface area contributed by atoms with Crippen LogP contribution in [0, 0.1) is 6.92 Å². The first-order valence-electron chi connectivity index (χ1n) is 6.24. The molecule has 20 heavy (non-hydrogen) atoms. The van der Waals surface area contributed by atoms with E-state index < -0.39 is 0 Å². The van der Waals surface area contributed by atoms with Crippen LogP contribution in [-0.4, -0.2) is 20.9 Å². The number of hydrogen-bond donors (Lipinski definition) is 1. The average molecular weight is 291 g/mol. The van der Waals surface area contributed by atoms with Gasteiger partial charge in [-0.1, -0.05) is 25.4 Å². The number of amides is 1. The van der Waals surface area contributed by atoms with E-state index in [0.29, 0.717) is 11.5 Å². The predicted molar refractivity (Wildman–Crippen MR) is 78.1 cm³/mol. The van der Waals surface area contributed by atoms with Crippen molar-refractivity contribution in [3.05, 3.63) is 46.8 Å². The minimum Gasteiger partial charge on any atom is -0.319 e. The maximum absolute atomic E-state index is 12.2. The molecule has 0 aliphatic rings. The van der Waals surface area contributed by atoms with E-state index in [4.69, 9.17) is 11.6 Å². The smallest absolute Gasteiger partial charge is 0.276 e. The molecular weight excluding hydrogens is 276 g/mol. The number of anilines is 1. The topological polar surface area (TPSA) is 67.8 Å². The monoisotopic (exact) mass is 290 g/mol. The van der Waals surface area contributed by atoms with E-state index in [9.17, 15) is 4.79 Å². The molecule has 1 amide bonds. The Balaban J connectivity index is 2.30. The quantitative estimate of drug-likeness (QED) is 0.942. The molecule has 0 aliphatic heterocycles. The lowest BCUT2D eigenvalue weighted by Crippen LogP contribution is -2.17. The Kier molecular flexibility index (Phi) is 4.29. The summed E-state index contributed by atoms with van der Waals surface area (Å²) in [6.45, 7) is 5.73. The first-order chi connectivity index (χ1) is 9.49. The first kappa shape index (κ1) is 14.4. The van der Waals surface area contributed by atoms with E-state index in [2.05, 4.69) is 20.3 Å². The second-order valence-electron chi connectivity index (χ2n) is 4.67. The molecular formula is C14H15ClN4O. The van der Waals surface area contributed by atoms with Crippen molar-refractivity contribution < 1.29 is 4.79 Å². The van der Waals surface area contributed by atoms with Gasteiger partial charge in [-0.3, -0.25) is 9.78 Å². The van der Waals surface area contributed by atoms with Crippen LogP contribution < -0.4 is 5.32 Å². The molecule has 1 N–H and O–H groups in total. The van der Waals surface area contributed by atoms with Crippen molar-refractivity contribution in [1.82, 2.24) is 15.0 Å². The minimum atomic E-state index is -0.365. The van der Waals surface area contributed by atoms with Gasteiger partial charge in [0.2, 0.25) is 0 Å². The molecule has 104 valence electrons. The van der Waals surface area contributed by atoms with Gasteiger partial charge in [0, 0.05) is 12.1 Å². The summed E-state index contributed by atoms with van der Waals surface area (Å²) in [7, 11) is 0. The zero-order valence-corrected chi connectivity index (χ0v) is 12.3. The molecule has 5 nitrogen and oxygen atoms in total. The third-order valence-corrected chi connectivity index (χ3v) is 3.03. The highest BCUT2D eigenvalue weighted by Crippen LogP contribution is 2.18. The summed E-state index contributed by atoms with van der Waals surface area (Å²) in [6, 6.07) is 3.53. The van der Waals surface area contributed by atoms with Crippen LogP contribution in [0.15, 0.2) is 24.5 Å². The molecule has 0 radical (unpaired) electrons. The summed E-state index contributed by atoms with van der Waals surface area (Å²) in [5.74, 6) is 0.344. The van der Waals surface area contributed by atoms with Gasteiger partial charge in [0.25, 0.3) is 5.91 Å². The van der Waals surface area contributed by atoms with Crippen LogP contribution in [0.5, 0.6) is 0 Å². The maximum atomic E-state index is 12.2. The maximum Gasteiger partial charge on any atom is 0.276 e. The van der Waals surface area contributed by atoms with Crippen LogP contribution in [0.4, 0.5) is 5.69 Å². The number of pyridine rings is 1. The normalized spacial score (nSPS) is 10.7. The second-order valence-corrected chi connectivity index (χ2v) is 5.08. The van der Waals surface area contributed by atoms with Crippen LogP contribution in [0.3, 0.4) is 0 Å². The number of halogens is 1. The fourth-order valence-corrected chi connectivity index (χ4v) is 1.79. The van der Waals surface area contributed by atoms with E-state index in [1.54, 1.807) is 18.3 Å². The van der Waals surface area contributed by atoms with Gasteiger partial charge < -0.3 is 5.32 Å². The number of nitrogens with one attached hydrogen (secondary N) is 1. The van der Waals surface area contributed by atoms with Gasteiger partial charge in [-0.05, 0) is 19.1 Å². The van der Waals surface area contributed by atoms with E-state index in [-0.39, 0.29) is 22.5 Å². The van der Waals surface area contributed by atoms with E-state index in [0.717, 1.165) is 5.69 Å². The highest BCUT2D eigenvalue weighted by atomic mass is 35.5. The van der Waals surface area contributed by atoms with E-state index in [1.165, 1.54) is 6.20 Å². The number of aryl methyl sites for hydroxylation is 1. The molecule has 6 heteroatoms. The molecule has 2 heterocycles. The highest BCUT2D eigenvalue weighted by molar-refractivity contribution is 6.33. The fourth-order valence-electron chi connectivity index (χ4n) is 1.62. The number of carbonyl (C=O) groups excluding carboxylic acids is 1. The van der Waals surface area contributed by atoms with Gasteiger partial charge in [-0.25, -0.2) is 9.97 Å². The number of aromatic nitrogens is 3. The van der Waals surface area contributed by atoms with Crippen LogP contribution in [0.25, 0.3) is 0 Å². The van der Waals surface area contributed by atoms with Gasteiger partial charge >= 0.3 is 0 Å². The Morgan fingerprint density at radius 3 is 2.75 bits per heavy atom. The second kappa shape index (κ2) is 5.96. The molecule has 2 aromatic heterocycles. The van der Waals surface area contributed by atoms with Crippen molar-refractivity contribution in [2.24, 2.45) is 0 Å². The summed E-state index contributed by atoms with van der Waals surface area (Å²) in [5.41, 5.74) is 1.54. The molecule has 0 saturated heterocycles. The van der Waals surface area contributed by atoms with Crippen LogP contribution in [0.1, 0.15) is 41.8 Å². The third kappa shape index (κ3) is 3.11. The van der Waals surface area contributed by atoms with Crippen molar-refractivity contribution in [2.45, 2.75) is 26.7 Å². The number of hydrogen-bond acceptors (Lipinski definition) is 4. The first-order valence-corrected chi connectivity index (χ1v) is 6.62. The van der Waals surface area contributed by atoms with Gasteiger partial charge in [-0.15, -0.1) is 0 Å². The summed E-state index contributed by atoms with van der Waals surface area (Å²) < 4.78 is 0. The molecule has 0 unspecified atom stereocenters. The zero-order chi connectivity index (χ0) is 14.7. The highest BCUT2D eigenvalue weighted by Gasteiger charge is 2.16. The van der Waals surface area contributed by atoms with Crippen LogP contribution in [-0.2, 0) is 0 Å². The number of nitrogens with zero attached hydrogens (tertiary/aromatic N) is 3. The zero-order valence-electron chi connectivity index (χ0n) is 11.5. The molecule has 0 saturated carbocycles. The summed E-state index contributed by atoms with van der Waals surface area (Å²) in [5, 5.41) is 2.99. The minimum absolute atomic E-state index is 0.124. The molecule has 0 fully saturated rings. The lowest BCUT2D eigenvalue weighted by atomic mass is 10.2. The van der Waals surface area contributed by atoms with Crippen molar-refractivity contribution in [3.63, 3.8) is 0 Å².